The van der Waals surface area contributed by atoms with Gasteiger partial charge in [0.05, 0.1) is 29.2 Å². The predicted octanol–water partition coefficient (Wildman–Crippen LogP) is 6.59. The molecule has 3 aromatic rings. The van der Waals surface area contributed by atoms with E-state index in [0.717, 1.165) is 19.3 Å². The van der Waals surface area contributed by atoms with Crippen molar-refractivity contribution in [3.05, 3.63) is 70.5 Å². The first-order chi connectivity index (χ1) is 18.0. The fourth-order valence-electron chi connectivity index (χ4n) is 4.78. The van der Waals surface area contributed by atoms with Crippen LogP contribution in [0.4, 0.5) is 4.39 Å². The van der Waals surface area contributed by atoms with Gasteiger partial charge in [-0.25, -0.2) is 9.37 Å². The molecular formula is C30H40FN3O3. The molecule has 0 aliphatic carbocycles. The Morgan fingerprint density at radius 3 is 2.35 bits per heavy atom. The highest BCUT2D eigenvalue weighted by Gasteiger charge is 2.28. The number of hydrogen-bond acceptors (Lipinski definition) is 4. The van der Waals surface area contributed by atoms with Crippen molar-refractivity contribution < 1.29 is 13.9 Å². The highest BCUT2D eigenvalue weighted by molar-refractivity contribution is 5.79. The Morgan fingerprint density at radius 2 is 1.68 bits per heavy atom. The second-order valence-corrected chi connectivity index (χ2v) is 9.48. The Hall–Kier alpha value is -3.06. The number of nitrogens with zero attached hydrogens (tertiary/aromatic N) is 3. The number of halogens is 1. The number of carbonyl (C=O) groups is 1. The number of aromatic nitrogens is 2. The van der Waals surface area contributed by atoms with Gasteiger partial charge >= 0.3 is 0 Å². The van der Waals surface area contributed by atoms with Crippen molar-refractivity contribution in [3.63, 3.8) is 0 Å². The van der Waals surface area contributed by atoms with Crippen LogP contribution in [0, 0.1) is 5.82 Å². The second kappa shape index (κ2) is 14.6. The largest absolute Gasteiger partial charge is 0.383 e. The zero-order chi connectivity index (χ0) is 26.6. The van der Waals surface area contributed by atoms with Gasteiger partial charge in [0.2, 0.25) is 5.91 Å². The van der Waals surface area contributed by atoms with Gasteiger partial charge in [-0.05, 0) is 49.2 Å². The molecule has 37 heavy (non-hydrogen) atoms. The molecule has 6 nitrogen and oxygen atoms in total. The Kier molecular flexibility index (Phi) is 11.3. The van der Waals surface area contributed by atoms with E-state index >= 15 is 0 Å². The van der Waals surface area contributed by atoms with E-state index in [9.17, 15) is 14.0 Å². The monoisotopic (exact) mass is 509 g/mol. The van der Waals surface area contributed by atoms with Crippen molar-refractivity contribution in [2.24, 2.45) is 0 Å². The molecule has 1 atom stereocenters. The average Bonchev–Trinajstić information content (AvgIpc) is 2.91. The number of carbonyl (C=O) groups excluding carboxylic acids is 1. The quantitative estimate of drug-likeness (QED) is 0.217. The maximum Gasteiger partial charge on any atom is 0.266 e. The van der Waals surface area contributed by atoms with Gasteiger partial charge in [0.15, 0.2) is 0 Å². The molecular weight excluding hydrogens is 469 g/mol. The highest BCUT2D eigenvalue weighted by atomic mass is 19.1. The summed E-state index contributed by atoms with van der Waals surface area (Å²) in [5.41, 5.74) is 0.853. The molecule has 2 aromatic carbocycles. The van der Waals surface area contributed by atoms with Crippen LogP contribution in [-0.2, 0) is 9.53 Å². The van der Waals surface area contributed by atoms with Crippen molar-refractivity contribution in [3.8, 4) is 5.69 Å². The predicted molar refractivity (Wildman–Crippen MR) is 147 cm³/mol. The van der Waals surface area contributed by atoms with Gasteiger partial charge in [0.25, 0.3) is 5.56 Å². The normalized spacial score (nSPS) is 12.1. The van der Waals surface area contributed by atoms with Gasteiger partial charge in [-0.2, -0.15) is 0 Å². The molecule has 1 unspecified atom stereocenters. The fraction of sp³-hybridized carbons (Fsp3) is 0.500. The summed E-state index contributed by atoms with van der Waals surface area (Å²) in [6, 6.07) is 12.6. The molecule has 0 radical (unpaired) electrons. The van der Waals surface area contributed by atoms with Crippen molar-refractivity contribution in [2.45, 2.75) is 77.7 Å². The summed E-state index contributed by atoms with van der Waals surface area (Å²) >= 11 is 0. The first kappa shape index (κ1) is 28.5. The van der Waals surface area contributed by atoms with E-state index in [1.54, 1.807) is 36.3 Å². The number of amides is 1. The highest BCUT2D eigenvalue weighted by Crippen LogP contribution is 2.27. The summed E-state index contributed by atoms with van der Waals surface area (Å²) in [7, 11) is 1.61. The Morgan fingerprint density at radius 1 is 1.00 bits per heavy atom. The van der Waals surface area contributed by atoms with E-state index < -0.39 is 6.04 Å². The molecule has 3 rings (SSSR count). The molecule has 1 amide bonds. The van der Waals surface area contributed by atoms with E-state index in [-0.39, 0.29) is 17.3 Å². The van der Waals surface area contributed by atoms with Crippen LogP contribution in [0.15, 0.2) is 53.3 Å². The SMILES string of the molecule is CCCCCCCCCC(=O)N(CCOC)C(CC)c1nc2ccccc2c(=O)n1-c1ccc(F)cc1. The lowest BCUT2D eigenvalue weighted by atomic mass is 10.1. The lowest BCUT2D eigenvalue weighted by molar-refractivity contribution is -0.135. The fourth-order valence-corrected chi connectivity index (χ4v) is 4.78. The maximum atomic E-state index is 13.7. The van der Waals surface area contributed by atoms with E-state index in [0.29, 0.717) is 48.4 Å². The van der Waals surface area contributed by atoms with Crippen molar-refractivity contribution in [2.75, 3.05) is 20.3 Å². The van der Waals surface area contributed by atoms with Crippen LogP contribution in [0.1, 0.15) is 83.5 Å². The number of rotatable bonds is 15. The summed E-state index contributed by atoms with van der Waals surface area (Å²) in [5, 5.41) is 0.475. The van der Waals surface area contributed by atoms with Crippen molar-refractivity contribution in [1.82, 2.24) is 14.5 Å². The third-order valence-corrected chi connectivity index (χ3v) is 6.80. The molecule has 1 aromatic heterocycles. The number of hydrogen-bond donors (Lipinski definition) is 0. The average molecular weight is 510 g/mol. The summed E-state index contributed by atoms with van der Waals surface area (Å²) in [6.45, 7) is 4.98. The minimum atomic E-state index is -0.436. The molecule has 0 bridgehead atoms. The first-order valence-corrected chi connectivity index (χ1v) is 13.6. The molecule has 0 spiro atoms. The lowest BCUT2D eigenvalue weighted by Crippen LogP contribution is -2.40. The Balaban J connectivity index is 1.96. The molecule has 7 heteroatoms. The number of unbranched alkanes of at least 4 members (excludes halogenated alkanes) is 6. The van der Waals surface area contributed by atoms with Crippen molar-refractivity contribution >= 4 is 16.8 Å². The molecule has 0 saturated heterocycles. The summed E-state index contributed by atoms with van der Waals surface area (Å²) < 4.78 is 20.6. The molecule has 0 saturated carbocycles. The number of ether oxygens (including phenoxy) is 1. The third kappa shape index (κ3) is 7.48. The third-order valence-electron chi connectivity index (χ3n) is 6.80. The molecule has 0 fully saturated rings. The molecule has 0 N–H and O–H groups in total. The van der Waals surface area contributed by atoms with Crippen LogP contribution in [0.3, 0.4) is 0 Å². The van der Waals surface area contributed by atoms with Crippen LogP contribution in [0.2, 0.25) is 0 Å². The minimum Gasteiger partial charge on any atom is -0.383 e. The van der Waals surface area contributed by atoms with Gasteiger partial charge in [0, 0.05) is 20.1 Å². The van der Waals surface area contributed by atoms with E-state index in [1.807, 2.05) is 19.1 Å². The minimum absolute atomic E-state index is 0.0329. The topological polar surface area (TPSA) is 64.4 Å². The van der Waals surface area contributed by atoms with E-state index in [1.165, 1.54) is 42.4 Å². The summed E-state index contributed by atoms with van der Waals surface area (Å²) in [5.74, 6) is 0.123. The first-order valence-electron chi connectivity index (χ1n) is 13.6. The Bertz CT molecular complexity index is 1190. The van der Waals surface area contributed by atoms with Crippen LogP contribution in [-0.4, -0.2) is 40.6 Å². The second-order valence-electron chi connectivity index (χ2n) is 9.48. The Labute approximate surface area is 219 Å². The van der Waals surface area contributed by atoms with Crippen LogP contribution in [0.25, 0.3) is 16.6 Å². The molecule has 1 heterocycles. The van der Waals surface area contributed by atoms with Gasteiger partial charge in [-0.3, -0.25) is 14.2 Å². The molecule has 0 aliphatic rings. The smallest absolute Gasteiger partial charge is 0.266 e. The van der Waals surface area contributed by atoms with Crippen LogP contribution >= 0.6 is 0 Å². The van der Waals surface area contributed by atoms with Gasteiger partial charge in [-0.15, -0.1) is 0 Å². The lowest BCUT2D eigenvalue weighted by Gasteiger charge is -2.32. The van der Waals surface area contributed by atoms with Gasteiger partial charge in [-0.1, -0.05) is 64.5 Å². The number of methoxy groups -OCH3 is 1. The zero-order valence-corrected chi connectivity index (χ0v) is 22.4. The standard InChI is InChI=1S/C30H40FN3O3/c1-4-6-7-8-9-10-11-16-28(35)33(21-22-37-3)27(5-2)29-32-26-15-13-12-14-25(26)30(36)34(29)24-19-17-23(31)18-20-24/h12-15,17-20,27H,4-11,16,21-22H2,1-3H3. The van der Waals surface area contributed by atoms with Gasteiger partial charge in [0.1, 0.15) is 11.6 Å². The van der Waals surface area contributed by atoms with Crippen LogP contribution in [0.5, 0.6) is 0 Å². The van der Waals surface area contributed by atoms with Crippen molar-refractivity contribution in [1.29, 1.82) is 0 Å². The summed E-state index contributed by atoms with van der Waals surface area (Å²) in [6.07, 6.45) is 8.95. The maximum absolute atomic E-state index is 13.7. The van der Waals surface area contributed by atoms with Crippen LogP contribution < -0.4 is 5.56 Å². The number of para-hydroxylation sites is 1. The molecule has 0 aliphatic heterocycles. The number of fused-ring (bicyclic) bond motifs is 1. The zero-order valence-electron chi connectivity index (χ0n) is 22.4. The molecule has 200 valence electrons. The van der Waals surface area contributed by atoms with E-state index in [4.69, 9.17) is 9.72 Å². The number of benzene rings is 2. The van der Waals surface area contributed by atoms with Gasteiger partial charge < -0.3 is 9.64 Å². The van der Waals surface area contributed by atoms with E-state index in [2.05, 4.69) is 6.92 Å². The summed E-state index contributed by atoms with van der Waals surface area (Å²) in [4.78, 5) is 33.9.